The number of carbonyl (C=O) groups is 1. The molecule has 3 aromatic carbocycles. The maximum Gasteiger partial charge on any atom is 0.327 e. The van der Waals surface area contributed by atoms with Crippen LogP contribution in [-0.4, -0.2) is 10.5 Å². The number of aryl methyl sites for hydroxylation is 1. The largest absolute Gasteiger partial charge is 0.607 e. The van der Waals surface area contributed by atoms with Crippen LogP contribution in [0.4, 0.5) is 0 Å². The first-order chi connectivity index (χ1) is 16.9. The van der Waals surface area contributed by atoms with Gasteiger partial charge in [-0.3, -0.25) is 4.79 Å². The van der Waals surface area contributed by atoms with Gasteiger partial charge in [0.15, 0.2) is 4.90 Å². The van der Waals surface area contributed by atoms with E-state index < -0.39 is 16.6 Å². The maximum atomic E-state index is 13.9. The highest BCUT2D eigenvalue weighted by atomic mass is 32.2. The first-order valence-corrected chi connectivity index (χ1v) is 13.7. The van der Waals surface area contributed by atoms with Crippen molar-refractivity contribution >= 4 is 17.1 Å². The second-order valence-corrected chi connectivity index (χ2v) is 11.0. The Morgan fingerprint density at radius 2 is 1.71 bits per heavy atom. The number of carbonyl (C=O) groups excluding carboxylic acids is 1. The van der Waals surface area contributed by atoms with Gasteiger partial charge >= 0.3 is 5.97 Å². The summed E-state index contributed by atoms with van der Waals surface area (Å²) in [5.74, 6) is 0.716. The molecule has 4 rings (SSSR count). The Morgan fingerprint density at radius 3 is 2.34 bits per heavy atom. The van der Waals surface area contributed by atoms with Crippen molar-refractivity contribution < 1.29 is 14.1 Å². The van der Waals surface area contributed by atoms with Gasteiger partial charge in [-0.1, -0.05) is 87.9 Å². The van der Waals surface area contributed by atoms with Gasteiger partial charge in [-0.05, 0) is 60.6 Å². The summed E-state index contributed by atoms with van der Waals surface area (Å²) in [6, 6.07) is 23.4. The van der Waals surface area contributed by atoms with Gasteiger partial charge in [0, 0.05) is 23.2 Å². The monoisotopic (exact) mass is 486 g/mol. The van der Waals surface area contributed by atoms with E-state index in [-0.39, 0.29) is 12.4 Å². The molecular weight excluding hydrogens is 452 g/mol. The van der Waals surface area contributed by atoms with Crippen LogP contribution in [0.1, 0.15) is 74.6 Å². The van der Waals surface area contributed by atoms with E-state index in [9.17, 15) is 9.35 Å². The molecule has 0 amide bonds. The molecule has 0 spiro atoms. The summed E-state index contributed by atoms with van der Waals surface area (Å²) in [5.41, 5.74) is 2.94. The molecule has 0 aliphatic carbocycles. The lowest BCUT2D eigenvalue weighted by atomic mass is 9.71. The van der Waals surface area contributed by atoms with E-state index in [4.69, 9.17) is 4.74 Å². The van der Waals surface area contributed by atoms with Crippen LogP contribution < -0.4 is 4.74 Å². The van der Waals surface area contributed by atoms with Crippen LogP contribution in [0, 0.1) is 0 Å². The summed E-state index contributed by atoms with van der Waals surface area (Å²) >= 11 is -1.44. The van der Waals surface area contributed by atoms with Crippen LogP contribution in [0.25, 0.3) is 0 Å². The fourth-order valence-corrected chi connectivity index (χ4v) is 5.94. The van der Waals surface area contributed by atoms with Gasteiger partial charge < -0.3 is 9.29 Å². The molecular formula is C31H34O3S. The molecule has 35 heavy (non-hydrogen) atoms. The van der Waals surface area contributed by atoms with Crippen LogP contribution in [-0.2, 0) is 27.8 Å². The number of unbranched alkanes of at least 4 members (excludes halogenated alkanes) is 1. The van der Waals surface area contributed by atoms with Gasteiger partial charge in [0.25, 0.3) is 0 Å². The number of rotatable bonds is 10. The van der Waals surface area contributed by atoms with Crippen molar-refractivity contribution in [2.24, 2.45) is 0 Å². The van der Waals surface area contributed by atoms with E-state index in [1.54, 1.807) is 0 Å². The molecule has 0 fully saturated rings. The number of allylic oxidation sites excluding steroid dienone is 1. The third-order valence-corrected chi connectivity index (χ3v) is 8.49. The summed E-state index contributed by atoms with van der Waals surface area (Å²) in [6.07, 6.45) is 4.17. The lowest BCUT2D eigenvalue weighted by Gasteiger charge is -2.28. The second kappa shape index (κ2) is 10.8. The molecule has 1 aliphatic heterocycles. The highest BCUT2D eigenvalue weighted by Crippen LogP contribution is 2.51. The van der Waals surface area contributed by atoms with Crippen LogP contribution in [0.3, 0.4) is 0 Å². The smallest absolute Gasteiger partial charge is 0.327 e. The summed E-state index contributed by atoms with van der Waals surface area (Å²) in [5, 5.41) is 0. The number of ether oxygens (including phenoxy) is 1. The standard InChI is InChI=1S/C31H34O3S/c1-5-7-14-24-19-25(22(3)6-2)20-28-29(24)34-30(32)31(28,26-15-10-8-11-16-26)21-23(4)35(33)27-17-12-9-13-18-27/h8-13,15-20,22H,4-7,14,21H2,1-3H3. The van der Waals surface area contributed by atoms with Crippen molar-refractivity contribution in [2.75, 3.05) is 0 Å². The highest BCUT2D eigenvalue weighted by Gasteiger charge is 2.53. The first-order valence-electron chi connectivity index (χ1n) is 12.5. The number of benzene rings is 3. The van der Waals surface area contributed by atoms with E-state index in [1.807, 2.05) is 60.7 Å². The Balaban J connectivity index is 1.89. The van der Waals surface area contributed by atoms with Crippen molar-refractivity contribution in [1.82, 2.24) is 0 Å². The van der Waals surface area contributed by atoms with E-state index >= 15 is 0 Å². The Labute approximate surface area is 212 Å². The number of hydrogen-bond donors (Lipinski definition) is 0. The van der Waals surface area contributed by atoms with Gasteiger partial charge in [0.05, 0.1) is 0 Å². The molecule has 182 valence electrons. The molecule has 4 heteroatoms. The molecule has 0 N–H and O–H groups in total. The van der Waals surface area contributed by atoms with Crippen molar-refractivity contribution in [2.45, 2.75) is 69.1 Å². The van der Waals surface area contributed by atoms with Gasteiger partial charge in [-0.2, -0.15) is 0 Å². The summed E-state index contributed by atoms with van der Waals surface area (Å²) in [7, 11) is 0. The predicted molar refractivity (Wildman–Crippen MR) is 143 cm³/mol. The molecule has 0 bridgehead atoms. The SMILES string of the molecule is C=C(CC1(c2ccccc2)C(=O)Oc2c(CCCC)cc(C(C)CC)cc21)[S+]([O-])c1ccccc1. The third kappa shape index (κ3) is 4.82. The van der Waals surface area contributed by atoms with Crippen molar-refractivity contribution in [1.29, 1.82) is 0 Å². The lowest BCUT2D eigenvalue weighted by molar-refractivity contribution is -0.136. The van der Waals surface area contributed by atoms with Crippen molar-refractivity contribution in [3.8, 4) is 5.75 Å². The molecule has 3 unspecified atom stereocenters. The molecule has 3 atom stereocenters. The van der Waals surface area contributed by atoms with Crippen LogP contribution in [0.2, 0.25) is 0 Å². The van der Waals surface area contributed by atoms with E-state index in [0.29, 0.717) is 21.5 Å². The zero-order valence-electron chi connectivity index (χ0n) is 20.9. The third-order valence-electron chi connectivity index (χ3n) is 7.12. The van der Waals surface area contributed by atoms with E-state index in [0.717, 1.165) is 42.4 Å². The maximum absolute atomic E-state index is 13.9. The Morgan fingerprint density at radius 1 is 1.06 bits per heavy atom. The Kier molecular flexibility index (Phi) is 7.83. The van der Waals surface area contributed by atoms with Gasteiger partial charge in [0.2, 0.25) is 0 Å². The lowest BCUT2D eigenvalue weighted by Crippen LogP contribution is -2.36. The zero-order chi connectivity index (χ0) is 25.0. The van der Waals surface area contributed by atoms with Gasteiger partial charge in [-0.25, -0.2) is 0 Å². The quantitative estimate of drug-likeness (QED) is 0.170. The second-order valence-electron chi connectivity index (χ2n) is 9.43. The van der Waals surface area contributed by atoms with E-state index in [2.05, 4.69) is 39.5 Å². The minimum absolute atomic E-state index is 0.224. The molecule has 0 saturated carbocycles. The van der Waals surface area contributed by atoms with Crippen molar-refractivity contribution in [3.05, 3.63) is 107 Å². The van der Waals surface area contributed by atoms with Gasteiger partial charge in [-0.15, -0.1) is 0 Å². The number of fused-ring (bicyclic) bond motifs is 1. The Hall–Kier alpha value is -2.82. The first kappa shape index (κ1) is 25.3. The van der Waals surface area contributed by atoms with Crippen LogP contribution >= 0.6 is 0 Å². The minimum atomic E-state index is -1.44. The predicted octanol–water partition coefficient (Wildman–Crippen LogP) is 7.46. The van der Waals surface area contributed by atoms with Crippen LogP contribution in [0.15, 0.2) is 89.2 Å². The summed E-state index contributed by atoms with van der Waals surface area (Å²) < 4.78 is 19.5. The molecule has 0 radical (unpaired) electrons. The van der Waals surface area contributed by atoms with Crippen molar-refractivity contribution in [3.63, 3.8) is 0 Å². The molecule has 3 aromatic rings. The van der Waals surface area contributed by atoms with Crippen LogP contribution in [0.5, 0.6) is 5.75 Å². The molecule has 3 nitrogen and oxygen atoms in total. The minimum Gasteiger partial charge on any atom is -0.607 e. The summed E-state index contributed by atoms with van der Waals surface area (Å²) in [4.78, 5) is 15.1. The summed E-state index contributed by atoms with van der Waals surface area (Å²) in [6.45, 7) is 10.8. The Bertz CT molecular complexity index is 1190. The average Bonchev–Trinajstić information content (AvgIpc) is 3.19. The zero-order valence-corrected chi connectivity index (χ0v) is 21.7. The molecule has 1 heterocycles. The van der Waals surface area contributed by atoms with Gasteiger partial charge in [0.1, 0.15) is 16.1 Å². The molecule has 0 saturated heterocycles. The fourth-order valence-electron chi connectivity index (χ4n) is 4.85. The fraction of sp³-hybridized carbons (Fsp3) is 0.323. The topological polar surface area (TPSA) is 49.4 Å². The molecule has 1 aliphatic rings. The number of hydrogen-bond acceptors (Lipinski definition) is 3. The average molecular weight is 487 g/mol. The highest BCUT2D eigenvalue weighted by molar-refractivity contribution is 7.95. The van der Waals surface area contributed by atoms with E-state index in [1.165, 1.54) is 5.56 Å². The number of esters is 1. The normalized spacial score (nSPS) is 18.6. The molecule has 0 aromatic heterocycles.